The van der Waals surface area contributed by atoms with Gasteiger partial charge in [-0.2, -0.15) is 0 Å². The van der Waals surface area contributed by atoms with Crippen molar-refractivity contribution in [1.82, 2.24) is 0 Å². The largest absolute Gasteiger partial charge is 0.508 e. The van der Waals surface area contributed by atoms with Crippen LogP contribution in [0, 0.1) is 0 Å². The molecule has 0 aromatic carbocycles. The van der Waals surface area contributed by atoms with Crippen LogP contribution in [0.25, 0.3) is 0 Å². The van der Waals surface area contributed by atoms with Gasteiger partial charge in [-0.25, -0.2) is 0 Å². The monoisotopic (exact) mass is 180 g/mol. The summed E-state index contributed by atoms with van der Waals surface area (Å²) >= 11 is 0. The molecule has 1 atom stereocenters. The molecule has 13 heavy (non-hydrogen) atoms. The van der Waals surface area contributed by atoms with Crippen molar-refractivity contribution in [3.8, 4) is 0 Å². The standard InChI is InChI=1S/C11H16O2/c1-4-9-5-6-10(12)8-11(2,7-9)13-3/h5-8,12H,4H2,1-3H3. The molecule has 1 aliphatic rings. The molecular weight excluding hydrogens is 164 g/mol. The number of hydrogen-bond donors (Lipinski definition) is 1. The number of hydrogen-bond acceptors (Lipinski definition) is 2. The van der Waals surface area contributed by atoms with Gasteiger partial charge in [-0.3, -0.25) is 0 Å². The highest BCUT2D eigenvalue weighted by Gasteiger charge is 2.20. The van der Waals surface area contributed by atoms with E-state index < -0.39 is 5.60 Å². The number of ether oxygens (including phenoxy) is 1. The van der Waals surface area contributed by atoms with Crippen LogP contribution >= 0.6 is 0 Å². The van der Waals surface area contributed by atoms with E-state index >= 15 is 0 Å². The molecule has 0 spiro atoms. The summed E-state index contributed by atoms with van der Waals surface area (Å²) < 4.78 is 5.31. The molecule has 0 saturated carbocycles. The minimum atomic E-state index is -0.487. The molecule has 2 heteroatoms. The van der Waals surface area contributed by atoms with Crippen LogP contribution in [0.1, 0.15) is 20.3 Å². The van der Waals surface area contributed by atoms with Crippen LogP contribution < -0.4 is 0 Å². The first kappa shape index (κ1) is 10.1. The summed E-state index contributed by atoms with van der Waals surface area (Å²) in [5, 5.41) is 9.43. The van der Waals surface area contributed by atoms with Crippen molar-refractivity contribution in [2.45, 2.75) is 25.9 Å². The summed E-state index contributed by atoms with van der Waals surface area (Å²) in [5.74, 6) is 0.254. The first-order chi connectivity index (χ1) is 6.09. The Hall–Kier alpha value is -1.02. The molecule has 0 amide bonds. The van der Waals surface area contributed by atoms with Gasteiger partial charge in [0.2, 0.25) is 0 Å². The van der Waals surface area contributed by atoms with E-state index in [0.29, 0.717) is 0 Å². The minimum Gasteiger partial charge on any atom is -0.508 e. The van der Waals surface area contributed by atoms with E-state index in [2.05, 4.69) is 6.92 Å². The van der Waals surface area contributed by atoms with Crippen LogP contribution in [-0.4, -0.2) is 17.8 Å². The minimum absolute atomic E-state index is 0.254. The molecule has 0 aromatic rings. The van der Waals surface area contributed by atoms with Crippen LogP contribution in [0.4, 0.5) is 0 Å². The van der Waals surface area contributed by atoms with Crippen molar-refractivity contribution in [2.24, 2.45) is 0 Å². The number of allylic oxidation sites excluding steroid dienone is 3. The fourth-order valence-corrected chi connectivity index (χ4v) is 1.33. The molecule has 0 fully saturated rings. The Balaban J connectivity index is 3.03. The van der Waals surface area contributed by atoms with Gasteiger partial charge in [0.15, 0.2) is 0 Å². The maximum Gasteiger partial charge on any atom is 0.114 e. The lowest BCUT2D eigenvalue weighted by molar-refractivity contribution is 0.0877. The van der Waals surface area contributed by atoms with Crippen molar-refractivity contribution >= 4 is 0 Å². The lowest BCUT2D eigenvalue weighted by Crippen LogP contribution is -2.21. The normalized spacial score (nSPS) is 27.9. The Labute approximate surface area is 79.2 Å². The maximum absolute atomic E-state index is 9.43. The lowest BCUT2D eigenvalue weighted by Gasteiger charge is -2.20. The third-order valence-electron chi connectivity index (χ3n) is 2.22. The van der Waals surface area contributed by atoms with Gasteiger partial charge in [-0.15, -0.1) is 0 Å². The van der Waals surface area contributed by atoms with Crippen molar-refractivity contribution in [3.05, 3.63) is 35.6 Å². The zero-order valence-corrected chi connectivity index (χ0v) is 8.37. The fraction of sp³-hybridized carbons (Fsp3) is 0.455. The summed E-state index contributed by atoms with van der Waals surface area (Å²) in [6, 6.07) is 0. The second kappa shape index (κ2) is 3.79. The third-order valence-corrected chi connectivity index (χ3v) is 2.22. The molecule has 0 bridgehead atoms. The highest BCUT2D eigenvalue weighted by atomic mass is 16.5. The zero-order chi connectivity index (χ0) is 9.90. The van der Waals surface area contributed by atoms with Gasteiger partial charge in [0, 0.05) is 7.11 Å². The first-order valence-electron chi connectivity index (χ1n) is 4.46. The van der Waals surface area contributed by atoms with Crippen LogP contribution in [0.3, 0.4) is 0 Å². The second-order valence-corrected chi connectivity index (χ2v) is 3.36. The molecule has 2 nitrogen and oxygen atoms in total. The highest BCUT2D eigenvalue weighted by molar-refractivity contribution is 5.34. The number of rotatable bonds is 2. The van der Waals surface area contributed by atoms with Gasteiger partial charge < -0.3 is 9.84 Å². The van der Waals surface area contributed by atoms with Gasteiger partial charge in [-0.05, 0) is 37.1 Å². The van der Waals surface area contributed by atoms with Crippen LogP contribution in [-0.2, 0) is 4.74 Å². The van der Waals surface area contributed by atoms with Crippen LogP contribution in [0.2, 0.25) is 0 Å². The van der Waals surface area contributed by atoms with Gasteiger partial charge in [-0.1, -0.05) is 13.0 Å². The highest BCUT2D eigenvalue weighted by Crippen LogP contribution is 2.22. The van der Waals surface area contributed by atoms with Crippen molar-refractivity contribution in [1.29, 1.82) is 0 Å². The Morgan fingerprint density at radius 1 is 1.38 bits per heavy atom. The fourth-order valence-electron chi connectivity index (χ4n) is 1.33. The van der Waals surface area contributed by atoms with E-state index in [1.165, 1.54) is 5.57 Å². The Morgan fingerprint density at radius 2 is 2.08 bits per heavy atom. The number of aliphatic hydroxyl groups excluding tert-OH is 1. The summed E-state index contributed by atoms with van der Waals surface area (Å²) in [6.07, 6.45) is 8.27. The average Bonchev–Trinajstić information content (AvgIpc) is 2.25. The Morgan fingerprint density at radius 3 is 2.62 bits per heavy atom. The first-order valence-corrected chi connectivity index (χ1v) is 4.46. The van der Waals surface area contributed by atoms with Crippen molar-refractivity contribution < 1.29 is 9.84 Å². The van der Waals surface area contributed by atoms with E-state index in [0.717, 1.165) is 6.42 Å². The second-order valence-electron chi connectivity index (χ2n) is 3.36. The molecule has 0 saturated heterocycles. The molecule has 0 aliphatic heterocycles. The molecule has 1 unspecified atom stereocenters. The van der Waals surface area contributed by atoms with E-state index in [9.17, 15) is 5.11 Å². The van der Waals surface area contributed by atoms with E-state index in [4.69, 9.17) is 4.74 Å². The van der Waals surface area contributed by atoms with Crippen molar-refractivity contribution in [2.75, 3.05) is 7.11 Å². The van der Waals surface area contributed by atoms with Gasteiger partial charge in [0.05, 0.1) is 0 Å². The lowest BCUT2D eigenvalue weighted by atomic mass is 10.0. The van der Waals surface area contributed by atoms with Gasteiger partial charge >= 0.3 is 0 Å². The smallest absolute Gasteiger partial charge is 0.114 e. The molecular formula is C11H16O2. The van der Waals surface area contributed by atoms with Crippen LogP contribution in [0.15, 0.2) is 35.6 Å². The molecule has 0 radical (unpaired) electrons. The van der Waals surface area contributed by atoms with Gasteiger partial charge in [0.1, 0.15) is 11.4 Å². The quantitative estimate of drug-likeness (QED) is 0.708. The molecule has 1 rings (SSSR count). The van der Waals surface area contributed by atoms with Crippen molar-refractivity contribution in [3.63, 3.8) is 0 Å². The van der Waals surface area contributed by atoms with Gasteiger partial charge in [0.25, 0.3) is 0 Å². The topological polar surface area (TPSA) is 29.5 Å². The average molecular weight is 180 g/mol. The SMILES string of the molecule is CCC1=CC(C)(OC)C=C(O)C=C1. The van der Waals surface area contributed by atoms with Crippen LogP contribution in [0.5, 0.6) is 0 Å². The third kappa shape index (κ3) is 2.46. The zero-order valence-electron chi connectivity index (χ0n) is 8.37. The molecule has 0 aromatic heterocycles. The Bertz CT molecular complexity index is 274. The van der Waals surface area contributed by atoms with E-state index in [-0.39, 0.29) is 5.76 Å². The predicted molar refractivity (Wildman–Crippen MR) is 53.6 cm³/mol. The number of aliphatic hydroxyl groups is 1. The maximum atomic E-state index is 9.43. The Kier molecular flexibility index (Phi) is 2.94. The van der Waals surface area contributed by atoms with E-state index in [1.54, 1.807) is 19.3 Å². The molecule has 0 heterocycles. The number of methoxy groups -OCH3 is 1. The summed E-state index contributed by atoms with van der Waals surface area (Å²) in [4.78, 5) is 0. The summed E-state index contributed by atoms with van der Waals surface area (Å²) in [6.45, 7) is 4.00. The summed E-state index contributed by atoms with van der Waals surface area (Å²) in [7, 11) is 1.64. The summed E-state index contributed by atoms with van der Waals surface area (Å²) in [5.41, 5.74) is 0.684. The molecule has 1 N–H and O–H groups in total. The predicted octanol–water partition coefficient (Wildman–Crippen LogP) is 2.74. The van der Waals surface area contributed by atoms with E-state index in [1.807, 2.05) is 19.1 Å². The molecule has 72 valence electrons. The molecule has 1 aliphatic carbocycles.